The summed E-state index contributed by atoms with van der Waals surface area (Å²) in [6, 6.07) is 8.26. The summed E-state index contributed by atoms with van der Waals surface area (Å²) in [5.74, 6) is -1.56. The van der Waals surface area contributed by atoms with Crippen LogP contribution >= 0.6 is 0 Å². The number of carbonyl (C=O) groups excluding carboxylic acids is 3. The lowest BCUT2D eigenvalue weighted by molar-refractivity contribution is -0.154. The molecule has 1 aromatic rings. The molecule has 0 spiro atoms. The van der Waals surface area contributed by atoms with Gasteiger partial charge < -0.3 is 15.8 Å². The Labute approximate surface area is 117 Å². The summed E-state index contributed by atoms with van der Waals surface area (Å²) in [4.78, 5) is 34.1. The highest BCUT2D eigenvalue weighted by molar-refractivity contribution is 5.94. The summed E-state index contributed by atoms with van der Waals surface area (Å²) in [5, 5.41) is 2.67. The van der Waals surface area contributed by atoms with Gasteiger partial charge in [-0.25, -0.2) is 0 Å². The van der Waals surface area contributed by atoms with Crippen molar-refractivity contribution in [2.24, 2.45) is 5.73 Å². The van der Waals surface area contributed by atoms with Crippen molar-refractivity contribution in [3.05, 3.63) is 35.9 Å². The zero-order valence-electron chi connectivity index (χ0n) is 11.5. The Kier molecular flexibility index (Phi) is 5.71. The molecule has 2 unspecified atom stereocenters. The van der Waals surface area contributed by atoms with Crippen LogP contribution in [-0.2, 0) is 14.3 Å². The summed E-state index contributed by atoms with van der Waals surface area (Å²) in [5.41, 5.74) is 5.50. The van der Waals surface area contributed by atoms with Gasteiger partial charge in [0.2, 0.25) is 0 Å². The summed E-state index contributed by atoms with van der Waals surface area (Å²) in [7, 11) is 0. The Bertz CT molecular complexity index is 487. The zero-order chi connectivity index (χ0) is 15.1. The smallest absolute Gasteiger partial charge is 0.308 e. The first-order valence-electron chi connectivity index (χ1n) is 6.25. The third-order valence-corrected chi connectivity index (χ3v) is 2.60. The van der Waals surface area contributed by atoms with E-state index in [0.29, 0.717) is 5.56 Å². The van der Waals surface area contributed by atoms with Crippen molar-refractivity contribution < 1.29 is 19.1 Å². The van der Waals surface area contributed by atoms with Crippen LogP contribution in [0.2, 0.25) is 0 Å². The number of carbonyl (C=O) groups is 3. The maximum absolute atomic E-state index is 11.8. The van der Waals surface area contributed by atoms with Crippen LogP contribution in [0.4, 0.5) is 0 Å². The second-order valence-corrected chi connectivity index (χ2v) is 4.48. The Morgan fingerprint density at radius 1 is 1.20 bits per heavy atom. The van der Waals surface area contributed by atoms with Crippen molar-refractivity contribution in [3.63, 3.8) is 0 Å². The maximum Gasteiger partial charge on any atom is 0.308 e. The fourth-order valence-electron chi connectivity index (χ4n) is 1.50. The molecule has 0 aliphatic carbocycles. The zero-order valence-corrected chi connectivity index (χ0v) is 11.5. The fraction of sp³-hybridized carbons (Fsp3) is 0.357. The number of primary amides is 1. The molecule has 1 rings (SSSR count). The second kappa shape index (κ2) is 7.28. The summed E-state index contributed by atoms with van der Waals surface area (Å²) >= 11 is 0. The van der Waals surface area contributed by atoms with Crippen LogP contribution in [-0.4, -0.2) is 29.9 Å². The van der Waals surface area contributed by atoms with E-state index in [2.05, 4.69) is 5.32 Å². The van der Waals surface area contributed by atoms with Crippen LogP contribution in [0.5, 0.6) is 0 Å². The predicted molar refractivity (Wildman–Crippen MR) is 72.7 cm³/mol. The summed E-state index contributed by atoms with van der Waals surface area (Å²) < 4.78 is 4.80. The van der Waals surface area contributed by atoms with E-state index in [0.717, 1.165) is 0 Å². The van der Waals surface area contributed by atoms with Gasteiger partial charge in [-0.15, -0.1) is 0 Å². The highest BCUT2D eigenvalue weighted by Gasteiger charge is 2.18. The highest BCUT2D eigenvalue weighted by Crippen LogP contribution is 2.02. The second-order valence-electron chi connectivity index (χ2n) is 4.48. The standard InChI is InChI=1S/C14H18N2O4/c1-9(8-12(17)20-10(2)13(15)18)16-14(19)11-6-4-3-5-7-11/h3-7,9-10H,8H2,1-2H3,(H2,15,18)(H,16,19). The first-order chi connectivity index (χ1) is 9.40. The van der Waals surface area contributed by atoms with Gasteiger partial charge in [0, 0.05) is 11.6 Å². The first-order valence-corrected chi connectivity index (χ1v) is 6.25. The van der Waals surface area contributed by atoms with Gasteiger partial charge in [-0.3, -0.25) is 14.4 Å². The molecule has 0 aliphatic rings. The molecule has 108 valence electrons. The number of nitrogens with one attached hydrogen (secondary N) is 1. The minimum Gasteiger partial charge on any atom is -0.452 e. The topological polar surface area (TPSA) is 98.5 Å². The van der Waals surface area contributed by atoms with Gasteiger partial charge in [0.25, 0.3) is 11.8 Å². The molecule has 0 aliphatic heterocycles. The molecule has 0 bridgehead atoms. The monoisotopic (exact) mass is 278 g/mol. The van der Waals surface area contributed by atoms with Crippen molar-refractivity contribution in [3.8, 4) is 0 Å². The third kappa shape index (κ3) is 5.09. The molecule has 0 aromatic heterocycles. The van der Waals surface area contributed by atoms with Crippen molar-refractivity contribution in [2.45, 2.75) is 32.4 Å². The van der Waals surface area contributed by atoms with E-state index in [1.54, 1.807) is 31.2 Å². The molecule has 0 saturated carbocycles. The molecule has 20 heavy (non-hydrogen) atoms. The van der Waals surface area contributed by atoms with Gasteiger partial charge in [0.15, 0.2) is 6.10 Å². The molecule has 0 fully saturated rings. The molecule has 0 heterocycles. The first kappa shape index (κ1) is 15.7. The minimum atomic E-state index is -0.973. The molecule has 6 heteroatoms. The van der Waals surface area contributed by atoms with Gasteiger partial charge in [0.05, 0.1) is 6.42 Å². The van der Waals surface area contributed by atoms with E-state index in [1.807, 2.05) is 6.07 Å². The fourth-order valence-corrected chi connectivity index (χ4v) is 1.50. The van der Waals surface area contributed by atoms with Crippen LogP contribution in [0.15, 0.2) is 30.3 Å². The van der Waals surface area contributed by atoms with Gasteiger partial charge in [-0.2, -0.15) is 0 Å². The predicted octanol–water partition coefficient (Wildman–Crippen LogP) is 0.612. The van der Waals surface area contributed by atoms with Gasteiger partial charge in [0.1, 0.15) is 0 Å². The molecule has 0 radical (unpaired) electrons. The van der Waals surface area contributed by atoms with E-state index < -0.39 is 24.0 Å². The molecule has 6 nitrogen and oxygen atoms in total. The van der Waals surface area contributed by atoms with Crippen LogP contribution in [0.25, 0.3) is 0 Å². The number of amides is 2. The number of hydrogen-bond donors (Lipinski definition) is 2. The van der Waals surface area contributed by atoms with E-state index in [1.165, 1.54) is 6.92 Å². The average molecular weight is 278 g/mol. The van der Waals surface area contributed by atoms with Gasteiger partial charge in [-0.05, 0) is 26.0 Å². The maximum atomic E-state index is 11.8. The van der Waals surface area contributed by atoms with Crippen LogP contribution in [0.1, 0.15) is 30.6 Å². The largest absolute Gasteiger partial charge is 0.452 e. The van der Waals surface area contributed by atoms with E-state index in [-0.39, 0.29) is 12.3 Å². The Hall–Kier alpha value is -2.37. The number of esters is 1. The lowest BCUT2D eigenvalue weighted by Crippen LogP contribution is -2.36. The normalized spacial score (nSPS) is 13.1. The number of benzene rings is 1. The number of nitrogens with two attached hydrogens (primary N) is 1. The van der Waals surface area contributed by atoms with Crippen molar-refractivity contribution in [1.82, 2.24) is 5.32 Å². The lowest BCUT2D eigenvalue weighted by Gasteiger charge is -2.15. The summed E-state index contributed by atoms with van der Waals surface area (Å²) in [6.45, 7) is 3.07. The van der Waals surface area contributed by atoms with Crippen molar-refractivity contribution >= 4 is 17.8 Å². The van der Waals surface area contributed by atoms with Crippen LogP contribution in [0.3, 0.4) is 0 Å². The Morgan fingerprint density at radius 2 is 1.80 bits per heavy atom. The quantitative estimate of drug-likeness (QED) is 0.745. The van der Waals surface area contributed by atoms with Gasteiger partial charge in [-0.1, -0.05) is 18.2 Å². The average Bonchev–Trinajstić information content (AvgIpc) is 2.39. The highest BCUT2D eigenvalue weighted by atomic mass is 16.5. The van der Waals surface area contributed by atoms with Crippen molar-refractivity contribution in [1.29, 1.82) is 0 Å². The third-order valence-electron chi connectivity index (χ3n) is 2.60. The number of ether oxygens (including phenoxy) is 1. The van der Waals surface area contributed by atoms with Crippen molar-refractivity contribution in [2.75, 3.05) is 0 Å². The van der Waals surface area contributed by atoms with E-state index >= 15 is 0 Å². The summed E-state index contributed by atoms with van der Waals surface area (Å²) in [6.07, 6.45) is -1.00. The number of rotatable bonds is 6. The molecular formula is C14H18N2O4. The SMILES string of the molecule is CC(CC(=O)OC(C)C(N)=O)NC(=O)c1ccccc1. The molecular weight excluding hydrogens is 260 g/mol. The van der Waals surface area contributed by atoms with Gasteiger partial charge >= 0.3 is 5.97 Å². The lowest BCUT2D eigenvalue weighted by atomic mass is 10.2. The Morgan fingerprint density at radius 3 is 2.35 bits per heavy atom. The minimum absolute atomic E-state index is 0.0316. The molecule has 1 aromatic carbocycles. The number of hydrogen-bond acceptors (Lipinski definition) is 4. The molecule has 3 N–H and O–H groups in total. The molecule has 2 atom stereocenters. The van der Waals surface area contributed by atoms with E-state index in [4.69, 9.17) is 10.5 Å². The van der Waals surface area contributed by atoms with E-state index in [9.17, 15) is 14.4 Å². The molecule has 2 amide bonds. The molecule has 0 saturated heterocycles. The van der Waals surface area contributed by atoms with Crippen LogP contribution < -0.4 is 11.1 Å². The van der Waals surface area contributed by atoms with Crippen LogP contribution in [0, 0.1) is 0 Å². The Balaban J connectivity index is 2.44.